The van der Waals surface area contributed by atoms with Gasteiger partial charge in [-0.15, -0.1) is 0 Å². The van der Waals surface area contributed by atoms with Gasteiger partial charge in [0.05, 0.1) is 51.3 Å². The van der Waals surface area contributed by atoms with Crippen molar-refractivity contribution in [3.63, 3.8) is 0 Å². The molecule has 0 N–H and O–H groups in total. The van der Waals surface area contributed by atoms with Crippen LogP contribution >= 0.6 is 11.6 Å². The van der Waals surface area contributed by atoms with Crippen molar-refractivity contribution in [1.29, 1.82) is 0 Å². The highest BCUT2D eigenvalue weighted by Gasteiger charge is 2.37. The number of benzene rings is 2. The summed E-state index contributed by atoms with van der Waals surface area (Å²) in [5, 5.41) is 0.618. The normalized spacial score (nSPS) is 24.3. The van der Waals surface area contributed by atoms with E-state index in [0.717, 1.165) is 80.9 Å². The summed E-state index contributed by atoms with van der Waals surface area (Å²) in [5.74, 6) is 3.12. The molecule has 12 heteroatoms. The summed E-state index contributed by atoms with van der Waals surface area (Å²) in [6, 6.07) is 11.5. The summed E-state index contributed by atoms with van der Waals surface area (Å²) in [6.45, 7) is 3.33. The first-order valence-corrected chi connectivity index (χ1v) is 17.7. The van der Waals surface area contributed by atoms with Gasteiger partial charge >= 0.3 is 0 Å². The number of methoxy groups -OCH3 is 1. The van der Waals surface area contributed by atoms with E-state index in [4.69, 9.17) is 35.8 Å². The van der Waals surface area contributed by atoms with Crippen molar-refractivity contribution in [2.24, 2.45) is 5.92 Å². The third-order valence-corrected chi connectivity index (χ3v) is 10.8. The van der Waals surface area contributed by atoms with E-state index >= 15 is 0 Å². The molecule has 2 amide bonds. The molecule has 0 spiro atoms. The topological polar surface area (TPSA) is 101 Å². The van der Waals surface area contributed by atoms with E-state index in [1.807, 2.05) is 55.4 Å². The average Bonchev–Trinajstić information content (AvgIpc) is 3.76. The van der Waals surface area contributed by atoms with Gasteiger partial charge in [-0.1, -0.05) is 23.7 Å². The zero-order chi connectivity index (χ0) is 34.1. The molecule has 49 heavy (non-hydrogen) atoms. The molecule has 4 heterocycles. The Bertz CT molecular complexity index is 1640. The smallest absolute Gasteiger partial charge is 0.237 e. The van der Waals surface area contributed by atoms with Crippen LogP contribution in [0.15, 0.2) is 48.8 Å². The van der Waals surface area contributed by atoms with Crippen molar-refractivity contribution in [2.45, 2.75) is 63.1 Å². The molecule has 260 valence electrons. The first kappa shape index (κ1) is 33.6. The second-order valence-electron chi connectivity index (χ2n) is 13.8. The lowest BCUT2D eigenvalue weighted by atomic mass is 9.85. The predicted octanol–water partition coefficient (Wildman–Crippen LogP) is 5.10. The van der Waals surface area contributed by atoms with Crippen LogP contribution in [0, 0.1) is 5.92 Å². The molecule has 0 unspecified atom stereocenters. The molecule has 1 aliphatic carbocycles. The van der Waals surface area contributed by atoms with Gasteiger partial charge in [0, 0.05) is 38.3 Å². The van der Waals surface area contributed by atoms with Crippen LogP contribution in [0.5, 0.6) is 11.5 Å². The quantitative estimate of drug-likeness (QED) is 0.288. The fourth-order valence-electron chi connectivity index (χ4n) is 7.77. The molecular formula is C37H45ClN6O5. The van der Waals surface area contributed by atoms with Crippen LogP contribution in [-0.4, -0.2) is 97.9 Å². The van der Waals surface area contributed by atoms with E-state index in [2.05, 4.69) is 9.80 Å². The van der Waals surface area contributed by atoms with Crippen molar-refractivity contribution in [1.82, 2.24) is 19.8 Å². The van der Waals surface area contributed by atoms with Gasteiger partial charge in [-0.05, 0) is 85.4 Å². The van der Waals surface area contributed by atoms with E-state index in [0.29, 0.717) is 47.5 Å². The SMILES string of the molecule is COc1cc2c(cc1OC[C@@H]1CCCO1)[C@H](c1ccc(Cl)cc1)N(c1cnc(N(C)C[C@H]3CC[C@H](N4CC(=O)N(C)C4)CC3)cn1)C(=O)C2. The maximum absolute atomic E-state index is 13.9. The second-order valence-corrected chi connectivity index (χ2v) is 14.2. The molecule has 2 aromatic carbocycles. The van der Waals surface area contributed by atoms with Gasteiger partial charge in [-0.2, -0.15) is 0 Å². The summed E-state index contributed by atoms with van der Waals surface area (Å²) in [6.07, 6.45) is 10.1. The number of anilines is 2. The molecule has 11 nitrogen and oxygen atoms in total. The lowest BCUT2D eigenvalue weighted by Crippen LogP contribution is -2.41. The summed E-state index contributed by atoms with van der Waals surface area (Å²) in [7, 11) is 5.54. The minimum atomic E-state index is -0.469. The zero-order valence-electron chi connectivity index (χ0n) is 28.5. The number of ether oxygens (including phenoxy) is 3. The first-order valence-electron chi connectivity index (χ1n) is 17.3. The number of carbonyl (C=O) groups is 2. The summed E-state index contributed by atoms with van der Waals surface area (Å²) < 4.78 is 17.8. The molecule has 3 aliphatic heterocycles. The van der Waals surface area contributed by atoms with Crippen LogP contribution in [0.4, 0.5) is 11.6 Å². The number of carbonyl (C=O) groups excluding carboxylic acids is 2. The number of hydrogen-bond donors (Lipinski definition) is 0. The summed E-state index contributed by atoms with van der Waals surface area (Å²) >= 11 is 6.29. The number of likely N-dealkylation sites (N-methyl/N-ethyl adjacent to an activating group) is 1. The Labute approximate surface area is 293 Å². The van der Waals surface area contributed by atoms with Gasteiger partial charge in [-0.25, -0.2) is 9.97 Å². The second kappa shape index (κ2) is 14.5. The highest BCUT2D eigenvalue weighted by molar-refractivity contribution is 6.30. The lowest BCUT2D eigenvalue weighted by molar-refractivity contribution is -0.125. The third kappa shape index (κ3) is 7.20. The van der Waals surface area contributed by atoms with Crippen LogP contribution < -0.4 is 19.3 Å². The van der Waals surface area contributed by atoms with Crippen LogP contribution in [-0.2, 0) is 20.7 Å². The van der Waals surface area contributed by atoms with Crippen molar-refractivity contribution in [3.05, 3.63) is 70.5 Å². The number of amides is 2. The number of rotatable bonds is 10. The monoisotopic (exact) mass is 688 g/mol. The lowest BCUT2D eigenvalue weighted by Gasteiger charge is -2.37. The van der Waals surface area contributed by atoms with E-state index < -0.39 is 6.04 Å². The van der Waals surface area contributed by atoms with Gasteiger partial charge in [0.15, 0.2) is 17.3 Å². The summed E-state index contributed by atoms with van der Waals surface area (Å²) in [4.78, 5) is 43.6. The maximum atomic E-state index is 13.9. The Morgan fingerprint density at radius 3 is 2.45 bits per heavy atom. The van der Waals surface area contributed by atoms with Gasteiger partial charge < -0.3 is 24.0 Å². The molecule has 7 rings (SSSR count). The fraction of sp³-hybridized carbons (Fsp3) is 0.514. The van der Waals surface area contributed by atoms with Gasteiger partial charge in [0.25, 0.3) is 0 Å². The van der Waals surface area contributed by atoms with Crippen molar-refractivity contribution in [2.75, 3.05) is 64.0 Å². The highest BCUT2D eigenvalue weighted by Crippen LogP contribution is 2.43. The van der Waals surface area contributed by atoms with Crippen LogP contribution in [0.2, 0.25) is 5.02 Å². The Hall–Kier alpha value is -3.93. The number of halogens is 1. The van der Waals surface area contributed by atoms with Crippen LogP contribution in [0.1, 0.15) is 61.3 Å². The molecule has 3 fully saturated rings. The molecule has 1 aromatic heterocycles. The van der Waals surface area contributed by atoms with E-state index in [9.17, 15) is 9.59 Å². The molecule has 3 aromatic rings. The average molecular weight is 689 g/mol. The minimum Gasteiger partial charge on any atom is -0.493 e. The number of fused-ring (bicyclic) bond motifs is 1. The van der Waals surface area contributed by atoms with Gasteiger partial charge in [0.1, 0.15) is 12.4 Å². The Kier molecular flexibility index (Phi) is 9.94. The van der Waals surface area contributed by atoms with E-state index in [-0.39, 0.29) is 24.3 Å². The molecule has 2 atom stereocenters. The van der Waals surface area contributed by atoms with Crippen LogP contribution in [0.3, 0.4) is 0 Å². The van der Waals surface area contributed by atoms with Gasteiger partial charge in [-0.3, -0.25) is 19.4 Å². The molecule has 0 bridgehead atoms. The molecular weight excluding hydrogens is 644 g/mol. The van der Waals surface area contributed by atoms with Gasteiger partial charge in [0.2, 0.25) is 11.8 Å². The zero-order valence-corrected chi connectivity index (χ0v) is 29.3. The Morgan fingerprint density at radius 2 is 1.80 bits per heavy atom. The number of aromatic nitrogens is 2. The van der Waals surface area contributed by atoms with Crippen molar-refractivity contribution < 1.29 is 23.8 Å². The Balaban J connectivity index is 1.09. The third-order valence-electron chi connectivity index (χ3n) is 10.5. The molecule has 0 radical (unpaired) electrons. The largest absolute Gasteiger partial charge is 0.493 e. The first-order chi connectivity index (χ1) is 23.8. The number of hydrogen-bond acceptors (Lipinski definition) is 9. The molecule has 2 saturated heterocycles. The van der Waals surface area contributed by atoms with E-state index in [1.165, 1.54) is 0 Å². The van der Waals surface area contributed by atoms with Crippen molar-refractivity contribution in [3.8, 4) is 11.5 Å². The molecule has 4 aliphatic rings. The highest BCUT2D eigenvalue weighted by atomic mass is 35.5. The van der Waals surface area contributed by atoms with Crippen LogP contribution in [0.25, 0.3) is 0 Å². The Morgan fingerprint density at radius 1 is 1.00 bits per heavy atom. The summed E-state index contributed by atoms with van der Waals surface area (Å²) in [5.41, 5.74) is 2.72. The minimum absolute atomic E-state index is 0.0528. The number of nitrogens with zero attached hydrogens (tertiary/aromatic N) is 6. The van der Waals surface area contributed by atoms with E-state index in [1.54, 1.807) is 24.4 Å². The predicted molar refractivity (Wildman–Crippen MR) is 187 cm³/mol. The van der Waals surface area contributed by atoms with Crippen molar-refractivity contribution >= 4 is 35.1 Å². The fourth-order valence-corrected chi connectivity index (χ4v) is 7.90. The maximum Gasteiger partial charge on any atom is 0.237 e. The standard InChI is InChI=1S/C37H45ClN6O5/c1-41(20-24-6-12-28(13-7-24)43-21-36(46)42(2)23-43)33-18-40-34(19-39-33)44-35(45)16-26-15-31(47-3)32(49-22-29-5-4-14-48-29)17-30(26)37(44)25-8-10-27(38)11-9-25/h8-11,15,17-19,24,28-29,37H,4-7,12-14,16,20-23H2,1-3H3/t24-,28-,29-,37-/m0/s1. The molecule has 1 saturated carbocycles.